The van der Waals surface area contributed by atoms with Crippen molar-refractivity contribution in [2.45, 2.75) is 19.4 Å². The number of allylic oxidation sites excluding steroid dienone is 1. The van der Waals surface area contributed by atoms with Gasteiger partial charge in [-0.05, 0) is 66.1 Å². The molecule has 4 aromatic carbocycles. The molecule has 7 nitrogen and oxygen atoms in total. The third kappa shape index (κ3) is 6.05. The molecule has 1 atom stereocenters. The zero-order valence-corrected chi connectivity index (χ0v) is 21.6. The Bertz CT molecular complexity index is 1630. The second kappa shape index (κ2) is 11.6. The lowest BCUT2D eigenvalue weighted by molar-refractivity contribution is -0.136. The maximum Gasteiger partial charge on any atom is 0.349 e. The Hall–Kier alpha value is -5.29. The molecule has 1 unspecified atom stereocenters. The van der Waals surface area contributed by atoms with Gasteiger partial charge >= 0.3 is 5.97 Å². The lowest BCUT2D eigenvalue weighted by Gasteiger charge is -2.27. The van der Waals surface area contributed by atoms with E-state index in [0.29, 0.717) is 22.8 Å². The van der Waals surface area contributed by atoms with Gasteiger partial charge in [0, 0.05) is 11.6 Å². The summed E-state index contributed by atoms with van der Waals surface area (Å²) in [7, 11) is 0. The Kier molecular flexibility index (Phi) is 7.65. The van der Waals surface area contributed by atoms with Crippen LogP contribution in [0.4, 0.5) is 4.39 Å². The number of esters is 1. The maximum absolute atomic E-state index is 13.2. The predicted octanol–water partition coefficient (Wildman–Crippen LogP) is 5.92. The van der Waals surface area contributed by atoms with Crippen LogP contribution in [0.5, 0.6) is 23.0 Å². The van der Waals surface area contributed by atoms with Gasteiger partial charge in [-0.25, -0.2) is 9.18 Å². The minimum atomic E-state index is -0.582. The first-order valence-electron chi connectivity index (χ1n) is 12.5. The molecule has 0 saturated heterocycles. The monoisotopic (exact) mass is 536 g/mol. The van der Waals surface area contributed by atoms with Gasteiger partial charge in [-0.1, -0.05) is 42.5 Å². The highest BCUT2D eigenvalue weighted by Crippen LogP contribution is 2.44. The van der Waals surface area contributed by atoms with Gasteiger partial charge in [0.25, 0.3) is 0 Å². The summed E-state index contributed by atoms with van der Waals surface area (Å²) in [6, 6.07) is 27.8. The minimum Gasteiger partial charge on any atom is -0.489 e. The number of nitrogens with zero attached hydrogens (tertiary/aromatic N) is 1. The van der Waals surface area contributed by atoms with Crippen LogP contribution in [0, 0.1) is 24.1 Å². The van der Waals surface area contributed by atoms with Crippen LogP contribution in [0.2, 0.25) is 0 Å². The first kappa shape index (κ1) is 26.3. The quantitative estimate of drug-likeness (QED) is 0.220. The molecule has 0 radical (unpaired) electrons. The van der Waals surface area contributed by atoms with Crippen LogP contribution >= 0.6 is 0 Å². The molecule has 1 aliphatic heterocycles. The summed E-state index contributed by atoms with van der Waals surface area (Å²) in [5.41, 5.74) is 9.66. The van der Waals surface area contributed by atoms with E-state index >= 15 is 0 Å². The van der Waals surface area contributed by atoms with Crippen LogP contribution in [0.15, 0.2) is 102 Å². The summed E-state index contributed by atoms with van der Waals surface area (Å²) >= 11 is 0. The summed E-state index contributed by atoms with van der Waals surface area (Å²) in [4.78, 5) is 12.4. The molecule has 40 heavy (non-hydrogen) atoms. The van der Waals surface area contributed by atoms with E-state index in [1.54, 1.807) is 42.5 Å². The molecule has 0 aliphatic carbocycles. The topological polar surface area (TPSA) is 104 Å². The molecule has 1 heterocycles. The van der Waals surface area contributed by atoms with Crippen molar-refractivity contribution in [3.63, 3.8) is 0 Å². The van der Waals surface area contributed by atoms with E-state index in [1.165, 1.54) is 12.1 Å². The Morgan fingerprint density at radius 1 is 0.950 bits per heavy atom. The fourth-order valence-electron chi connectivity index (χ4n) is 4.38. The van der Waals surface area contributed by atoms with Gasteiger partial charge in [-0.2, -0.15) is 5.26 Å². The number of hydrogen-bond donors (Lipinski definition) is 1. The third-order valence-electron chi connectivity index (χ3n) is 6.28. The van der Waals surface area contributed by atoms with Crippen molar-refractivity contribution in [3.05, 3.63) is 131 Å². The number of aryl methyl sites for hydroxylation is 1. The lowest BCUT2D eigenvalue weighted by Crippen LogP contribution is -2.21. The van der Waals surface area contributed by atoms with Crippen molar-refractivity contribution in [2.24, 2.45) is 5.73 Å². The van der Waals surface area contributed by atoms with Crippen molar-refractivity contribution in [1.29, 1.82) is 5.26 Å². The summed E-state index contributed by atoms with van der Waals surface area (Å²) in [6.45, 7) is 1.91. The predicted molar refractivity (Wildman–Crippen MR) is 145 cm³/mol. The second-order valence-electron chi connectivity index (χ2n) is 9.19. The molecule has 0 fully saturated rings. The fraction of sp³-hybridized carbons (Fsp3) is 0.125. The summed E-state index contributed by atoms with van der Waals surface area (Å²) in [6.07, 6.45) is 0. The number of halogens is 1. The van der Waals surface area contributed by atoms with Gasteiger partial charge in [0.05, 0.1) is 5.92 Å². The van der Waals surface area contributed by atoms with Crippen molar-refractivity contribution < 1.29 is 28.1 Å². The van der Waals surface area contributed by atoms with Crippen LogP contribution in [0.1, 0.15) is 28.2 Å². The molecular formula is C32H25FN2O5. The van der Waals surface area contributed by atoms with E-state index < -0.39 is 11.9 Å². The molecule has 8 heteroatoms. The zero-order chi connectivity index (χ0) is 28.1. The van der Waals surface area contributed by atoms with Gasteiger partial charge in [0.2, 0.25) is 5.88 Å². The highest BCUT2D eigenvalue weighted by atomic mass is 19.1. The van der Waals surface area contributed by atoms with Crippen LogP contribution < -0.4 is 24.7 Å². The number of carbonyl (C=O) groups excluding carboxylic acids is 1. The van der Waals surface area contributed by atoms with E-state index in [-0.39, 0.29) is 36.2 Å². The molecule has 1 aliphatic rings. The van der Waals surface area contributed by atoms with E-state index in [0.717, 1.165) is 16.7 Å². The van der Waals surface area contributed by atoms with E-state index in [9.17, 15) is 14.4 Å². The maximum atomic E-state index is 13.2. The highest BCUT2D eigenvalue weighted by Gasteiger charge is 2.31. The van der Waals surface area contributed by atoms with Crippen molar-refractivity contribution in [1.82, 2.24) is 0 Å². The minimum absolute atomic E-state index is 0.0381. The van der Waals surface area contributed by atoms with E-state index in [4.69, 9.17) is 24.7 Å². The molecule has 0 amide bonds. The molecule has 0 spiro atoms. The number of fused-ring (bicyclic) bond motifs is 1. The number of ether oxygens (including phenoxy) is 4. The van der Waals surface area contributed by atoms with Gasteiger partial charge in [0.15, 0.2) is 6.61 Å². The third-order valence-corrected chi connectivity index (χ3v) is 6.28. The molecule has 0 bridgehead atoms. The number of hydrogen-bond acceptors (Lipinski definition) is 7. The van der Waals surface area contributed by atoms with Gasteiger partial charge in [-0.15, -0.1) is 0 Å². The number of nitriles is 1. The first-order chi connectivity index (χ1) is 19.4. The number of nitrogens with two attached hydrogens (primary N) is 1. The smallest absolute Gasteiger partial charge is 0.349 e. The molecule has 0 saturated carbocycles. The standard InChI is InChI=1S/C32H25FN2O5/c1-20-4-2-6-24(14-20)38-19-30(36)39-26-12-13-27-29(16-26)40-32(35)28(17-34)31(27)22-5-3-7-25(15-22)37-18-21-8-10-23(33)11-9-21/h2-16,31H,18-19,35H2,1H3. The number of rotatable bonds is 8. The molecule has 2 N–H and O–H groups in total. The van der Waals surface area contributed by atoms with Gasteiger partial charge in [0.1, 0.15) is 47.1 Å². The van der Waals surface area contributed by atoms with Crippen molar-refractivity contribution in [3.8, 4) is 29.1 Å². The zero-order valence-electron chi connectivity index (χ0n) is 21.6. The van der Waals surface area contributed by atoms with Crippen molar-refractivity contribution >= 4 is 5.97 Å². The largest absolute Gasteiger partial charge is 0.489 e. The lowest BCUT2D eigenvalue weighted by atomic mass is 9.83. The SMILES string of the molecule is Cc1cccc(OCC(=O)Oc2ccc3c(c2)OC(N)=C(C#N)C3c2cccc(OCc3ccc(F)cc3)c2)c1. The molecular weight excluding hydrogens is 511 g/mol. The van der Waals surface area contributed by atoms with Gasteiger partial charge in [-0.3, -0.25) is 0 Å². The Labute approximate surface area is 230 Å². The van der Waals surface area contributed by atoms with Crippen molar-refractivity contribution in [2.75, 3.05) is 6.61 Å². The second-order valence-corrected chi connectivity index (χ2v) is 9.19. The van der Waals surface area contributed by atoms with E-state index in [1.807, 2.05) is 43.3 Å². The molecule has 0 aromatic heterocycles. The Balaban J connectivity index is 1.33. The normalized spacial score (nSPS) is 14.0. The Morgan fingerprint density at radius 2 is 1.70 bits per heavy atom. The van der Waals surface area contributed by atoms with Crippen LogP contribution in [0.25, 0.3) is 0 Å². The average molecular weight is 537 g/mol. The van der Waals surface area contributed by atoms with Gasteiger partial charge < -0.3 is 24.7 Å². The summed E-state index contributed by atoms with van der Waals surface area (Å²) < 4.78 is 35.8. The van der Waals surface area contributed by atoms with Crippen LogP contribution in [0.3, 0.4) is 0 Å². The molecule has 4 aromatic rings. The van der Waals surface area contributed by atoms with E-state index in [2.05, 4.69) is 6.07 Å². The molecule has 5 rings (SSSR count). The van der Waals surface area contributed by atoms with Crippen LogP contribution in [-0.2, 0) is 11.4 Å². The Morgan fingerprint density at radius 3 is 2.45 bits per heavy atom. The average Bonchev–Trinajstić information content (AvgIpc) is 2.95. The summed E-state index contributed by atoms with van der Waals surface area (Å²) in [5.74, 6) is 0.293. The fourth-order valence-corrected chi connectivity index (χ4v) is 4.38. The molecule has 200 valence electrons. The number of carbonyl (C=O) groups is 1. The highest BCUT2D eigenvalue weighted by molar-refractivity contribution is 5.74. The van der Waals surface area contributed by atoms with Crippen LogP contribution in [-0.4, -0.2) is 12.6 Å². The first-order valence-corrected chi connectivity index (χ1v) is 12.5. The summed E-state index contributed by atoms with van der Waals surface area (Å²) in [5, 5.41) is 9.89. The number of benzene rings is 4.